The van der Waals surface area contributed by atoms with Crippen LogP contribution in [0.1, 0.15) is 37.3 Å². The zero-order chi connectivity index (χ0) is 14.9. The Morgan fingerprint density at radius 1 is 1.24 bits per heavy atom. The zero-order valence-electron chi connectivity index (χ0n) is 12.6. The molecule has 2 atom stereocenters. The van der Waals surface area contributed by atoms with Crippen molar-refractivity contribution in [2.45, 2.75) is 42.7 Å². The van der Waals surface area contributed by atoms with Crippen LogP contribution >= 0.6 is 0 Å². The van der Waals surface area contributed by atoms with Gasteiger partial charge in [-0.25, -0.2) is 8.42 Å². The summed E-state index contributed by atoms with van der Waals surface area (Å²) < 4.78 is 24.4. The van der Waals surface area contributed by atoms with E-state index in [0.717, 1.165) is 18.7 Å². The smallest absolute Gasteiger partial charge is 0.178 e. The van der Waals surface area contributed by atoms with Gasteiger partial charge >= 0.3 is 0 Å². The van der Waals surface area contributed by atoms with E-state index in [9.17, 15) is 8.42 Å². The quantitative estimate of drug-likeness (QED) is 0.927. The summed E-state index contributed by atoms with van der Waals surface area (Å²) >= 11 is 0. The van der Waals surface area contributed by atoms with E-state index in [0.29, 0.717) is 17.4 Å². The van der Waals surface area contributed by atoms with Crippen molar-refractivity contribution in [1.82, 2.24) is 10.2 Å². The summed E-state index contributed by atoms with van der Waals surface area (Å²) in [4.78, 5) is 2.86. The van der Waals surface area contributed by atoms with E-state index in [4.69, 9.17) is 0 Å². The molecule has 0 bridgehead atoms. The lowest BCUT2D eigenvalue weighted by atomic mass is 10.00. The van der Waals surface area contributed by atoms with Gasteiger partial charge in [0.2, 0.25) is 0 Å². The maximum absolute atomic E-state index is 12.2. The molecule has 1 N–H and O–H groups in total. The summed E-state index contributed by atoms with van der Waals surface area (Å²) in [5.74, 6) is 0.261. The third-order valence-electron chi connectivity index (χ3n) is 4.73. The molecule has 0 aliphatic carbocycles. The molecule has 1 aromatic rings. The first kappa shape index (κ1) is 15.0. The molecule has 0 radical (unpaired) electrons. The molecule has 5 heteroatoms. The second-order valence-electron chi connectivity index (χ2n) is 6.25. The lowest BCUT2D eigenvalue weighted by Crippen LogP contribution is -2.44. The van der Waals surface area contributed by atoms with E-state index in [1.54, 1.807) is 6.07 Å². The number of benzene rings is 1. The highest BCUT2D eigenvalue weighted by Crippen LogP contribution is 2.35. The van der Waals surface area contributed by atoms with Gasteiger partial charge in [0.05, 0.1) is 10.6 Å². The van der Waals surface area contributed by atoms with Gasteiger partial charge in [0, 0.05) is 18.6 Å². The first-order chi connectivity index (χ1) is 10.1. The molecule has 1 fully saturated rings. The summed E-state index contributed by atoms with van der Waals surface area (Å²) in [5.41, 5.74) is 0.974. The van der Waals surface area contributed by atoms with Gasteiger partial charge in [-0.05, 0) is 44.5 Å². The molecule has 116 valence electrons. The Morgan fingerprint density at radius 2 is 2.05 bits per heavy atom. The lowest BCUT2D eigenvalue weighted by Gasteiger charge is -2.36. The monoisotopic (exact) mass is 308 g/mol. The van der Waals surface area contributed by atoms with Crippen molar-refractivity contribution in [3.8, 4) is 0 Å². The van der Waals surface area contributed by atoms with Crippen molar-refractivity contribution in [2.75, 3.05) is 25.9 Å². The minimum Gasteiger partial charge on any atom is -0.313 e. The van der Waals surface area contributed by atoms with Gasteiger partial charge in [-0.15, -0.1) is 0 Å². The van der Waals surface area contributed by atoms with E-state index in [1.807, 2.05) is 18.2 Å². The fraction of sp³-hybridized carbons (Fsp3) is 0.625. The van der Waals surface area contributed by atoms with Crippen molar-refractivity contribution in [2.24, 2.45) is 0 Å². The Kier molecular flexibility index (Phi) is 4.33. The molecule has 0 amide bonds. The summed E-state index contributed by atoms with van der Waals surface area (Å²) in [6, 6.07) is 8.24. The van der Waals surface area contributed by atoms with Crippen molar-refractivity contribution >= 4 is 9.84 Å². The van der Waals surface area contributed by atoms with Gasteiger partial charge in [0.15, 0.2) is 9.84 Å². The highest BCUT2D eigenvalue weighted by atomic mass is 32.2. The Morgan fingerprint density at radius 3 is 2.81 bits per heavy atom. The number of nitrogens with one attached hydrogen (secondary N) is 1. The average molecular weight is 308 g/mol. The first-order valence-electron chi connectivity index (χ1n) is 7.83. The number of sulfone groups is 1. The summed E-state index contributed by atoms with van der Waals surface area (Å²) in [5, 5.41) is 3.57. The maximum atomic E-state index is 12.2. The Hall–Kier alpha value is -0.910. The van der Waals surface area contributed by atoms with Crippen LogP contribution in [0.15, 0.2) is 29.2 Å². The van der Waals surface area contributed by atoms with E-state index >= 15 is 0 Å². The Labute approximate surface area is 127 Å². The molecule has 1 aromatic carbocycles. The molecular weight excluding hydrogens is 284 g/mol. The van der Waals surface area contributed by atoms with Crippen LogP contribution < -0.4 is 5.32 Å². The fourth-order valence-corrected chi connectivity index (χ4v) is 5.19. The van der Waals surface area contributed by atoms with Crippen LogP contribution in [-0.4, -0.2) is 45.2 Å². The largest absolute Gasteiger partial charge is 0.313 e. The molecular formula is C16H24N2O2S. The van der Waals surface area contributed by atoms with E-state index in [2.05, 4.69) is 17.3 Å². The van der Waals surface area contributed by atoms with Crippen LogP contribution in [0.4, 0.5) is 0 Å². The van der Waals surface area contributed by atoms with Crippen LogP contribution in [0, 0.1) is 0 Å². The zero-order valence-corrected chi connectivity index (χ0v) is 13.4. The molecule has 2 unspecified atom stereocenters. The van der Waals surface area contributed by atoms with E-state index < -0.39 is 9.84 Å². The van der Waals surface area contributed by atoms with Crippen molar-refractivity contribution in [3.63, 3.8) is 0 Å². The minimum absolute atomic E-state index is 0.216. The number of hydrogen-bond donors (Lipinski definition) is 1. The highest BCUT2D eigenvalue weighted by molar-refractivity contribution is 7.91. The molecule has 1 saturated heterocycles. The molecule has 0 aromatic heterocycles. The SMILES string of the molecule is CN(CC1CCCCN1)C1CCS(=O)(=O)c2ccccc21. The number of hydrogen-bond acceptors (Lipinski definition) is 4. The van der Waals surface area contributed by atoms with Crippen molar-refractivity contribution in [3.05, 3.63) is 29.8 Å². The maximum Gasteiger partial charge on any atom is 0.178 e. The predicted molar refractivity (Wildman–Crippen MR) is 84.1 cm³/mol. The number of likely N-dealkylation sites (N-methyl/N-ethyl adjacent to an activating group) is 1. The van der Waals surface area contributed by atoms with Crippen LogP contribution in [0.3, 0.4) is 0 Å². The fourth-order valence-electron chi connectivity index (χ4n) is 3.58. The second kappa shape index (κ2) is 6.07. The molecule has 2 aliphatic rings. The minimum atomic E-state index is -3.08. The van der Waals surface area contributed by atoms with Crippen LogP contribution in [-0.2, 0) is 9.84 Å². The number of piperidine rings is 1. The number of rotatable bonds is 3. The molecule has 4 nitrogen and oxygen atoms in total. The van der Waals surface area contributed by atoms with Gasteiger partial charge in [0.25, 0.3) is 0 Å². The molecule has 0 spiro atoms. The van der Waals surface area contributed by atoms with Gasteiger partial charge in [-0.3, -0.25) is 4.90 Å². The van der Waals surface area contributed by atoms with Gasteiger partial charge in [-0.2, -0.15) is 0 Å². The van der Waals surface area contributed by atoms with Gasteiger partial charge < -0.3 is 5.32 Å². The summed E-state index contributed by atoms with van der Waals surface area (Å²) in [7, 11) is -0.963. The molecule has 21 heavy (non-hydrogen) atoms. The third-order valence-corrected chi connectivity index (χ3v) is 6.54. The van der Waals surface area contributed by atoms with Crippen LogP contribution in [0.2, 0.25) is 0 Å². The summed E-state index contributed by atoms with van der Waals surface area (Å²) in [6.45, 7) is 2.09. The average Bonchev–Trinajstić information content (AvgIpc) is 2.48. The van der Waals surface area contributed by atoms with Crippen molar-refractivity contribution in [1.29, 1.82) is 0 Å². The third kappa shape index (κ3) is 3.15. The predicted octanol–water partition coefficient (Wildman–Crippen LogP) is 1.98. The highest BCUT2D eigenvalue weighted by Gasteiger charge is 2.32. The molecule has 0 saturated carbocycles. The summed E-state index contributed by atoms with van der Waals surface area (Å²) in [6.07, 6.45) is 4.48. The normalized spacial score (nSPS) is 28.3. The lowest BCUT2D eigenvalue weighted by molar-refractivity contribution is 0.195. The number of nitrogens with zero attached hydrogens (tertiary/aromatic N) is 1. The Balaban J connectivity index is 1.79. The van der Waals surface area contributed by atoms with E-state index in [1.165, 1.54) is 19.3 Å². The van der Waals surface area contributed by atoms with Gasteiger partial charge in [0.1, 0.15) is 0 Å². The van der Waals surface area contributed by atoms with Crippen LogP contribution in [0.5, 0.6) is 0 Å². The van der Waals surface area contributed by atoms with E-state index in [-0.39, 0.29) is 11.8 Å². The van der Waals surface area contributed by atoms with Crippen molar-refractivity contribution < 1.29 is 8.42 Å². The topological polar surface area (TPSA) is 49.4 Å². The van der Waals surface area contributed by atoms with Gasteiger partial charge in [-0.1, -0.05) is 24.6 Å². The molecule has 2 aliphatic heterocycles. The molecule has 3 rings (SSSR count). The first-order valence-corrected chi connectivity index (χ1v) is 9.48. The standard InChI is InChI=1S/C16H24N2O2S/c1-18(12-13-6-4-5-10-17-13)15-9-11-21(19,20)16-8-3-2-7-14(15)16/h2-3,7-8,13,15,17H,4-6,9-12H2,1H3. The second-order valence-corrected chi connectivity index (χ2v) is 8.33. The molecule has 2 heterocycles. The van der Waals surface area contributed by atoms with Crippen LogP contribution in [0.25, 0.3) is 0 Å². The Bertz CT molecular complexity index is 594. The number of fused-ring (bicyclic) bond motifs is 1.